The molecule has 1 aliphatic rings. The molecule has 0 aliphatic carbocycles. The summed E-state index contributed by atoms with van der Waals surface area (Å²) < 4.78 is 32.9. The quantitative estimate of drug-likeness (QED) is 0.796. The lowest BCUT2D eigenvalue weighted by atomic mass is 10.1. The number of benzene rings is 2. The van der Waals surface area contributed by atoms with Crippen LogP contribution in [0.1, 0.15) is 11.1 Å². The minimum Gasteiger partial charge on any atom is -0.495 e. The Kier molecular flexibility index (Phi) is 5.46. The minimum atomic E-state index is -3.59. The molecule has 1 aliphatic heterocycles. The van der Waals surface area contributed by atoms with Crippen molar-refractivity contribution in [2.24, 2.45) is 0 Å². The third-order valence-corrected chi connectivity index (χ3v) is 6.86. The van der Waals surface area contributed by atoms with Gasteiger partial charge in [0.25, 0.3) is 0 Å². The zero-order valence-corrected chi connectivity index (χ0v) is 16.8. The number of piperazine rings is 1. The molecule has 5 nitrogen and oxygen atoms in total. The van der Waals surface area contributed by atoms with Crippen LogP contribution in [0.25, 0.3) is 0 Å². The molecule has 1 heterocycles. The highest BCUT2D eigenvalue weighted by atomic mass is 35.5. The van der Waals surface area contributed by atoms with Crippen molar-refractivity contribution >= 4 is 27.3 Å². The second-order valence-corrected chi connectivity index (χ2v) is 8.82. The average molecular weight is 395 g/mol. The van der Waals surface area contributed by atoms with E-state index in [-0.39, 0.29) is 4.90 Å². The summed E-state index contributed by atoms with van der Waals surface area (Å²) in [6.07, 6.45) is 0. The van der Waals surface area contributed by atoms with Gasteiger partial charge in [0.2, 0.25) is 10.0 Å². The normalized spacial score (nSPS) is 15.9. The molecule has 1 saturated heterocycles. The van der Waals surface area contributed by atoms with Gasteiger partial charge >= 0.3 is 0 Å². The van der Waals surface area contributed by atoms with Crippen LogP contribution >= 0.6 is 11.6 Å². The lowest BCUT2D eigenvalue weighted by molar-refractivity contribution is 0.374. The number of sulfonamides is 1. The Labute approximate surface area is 160 Å². The van der Waals surface area contributed by atoms with Crippen LogP contribution in [0.2, 0.25) is 5.02 Å². The highest BCUT2D eigenvalue weighted by molar-refractivity contribution is 7.89. The van der Waals surface area contributed by atoms with Crippen LogP contribution in [-0.4, -0.2) is 46.0 Å². The molecule has 7 heteroatoms. The number of aryl methyl sites for hydroxylation is 2. The number of methoxy groups -OCH3 is 1. The number of hydrogen-bond donors (Lipinski definition) is 0. The van der Waals surface area contributed by atoms with Crippen molar-refractivity contribution in [1.82, 2.24) is 4.31 Å². The molecule has 0 amide bonds. The smallest absolute Gasteiger partial charge is 0.246 e. The standard InChI is InChI=1S/C19H23ClN2O3S/c1-14-4-7-19(18(12-14)25-3)26(23,24)22-10-8-21(9-11-22)17-13-16(20)6-5-15(17)2/h4-7,12-13H,8-11H2,1-3H3. The van der Waals surface area contributed by atoms with Crippen molar-refractivity contribution in [2.75, 3.05) is 38.2 Å². The molecule has 0 aromatic heterocycles. The van der Waals surface area contributed by atoms with Crippen LogP contribution in [0, 0.1) is 13.8 Å². The Morgan fingerprint density at radius 3 is 2.35 bits per heavy atom. The van der Waals surface area contributed by atoms with Crippen molar-refractivity contribution in [3.63, 3.8) is 0 Å². The molecule has 0 unspecified atom stereocenters. The van der Waals surface area contributed by atoms with Crippen molar-refractivity contribution in [1.29, 1.82) is 0 Å². The van der Waals surface area contributed by atoms with E-state index in [1.54, 1.807) is 18.2 Å². The summed E-state index contributed by atoms with van der Waals surface area (Å²) in [5.74, 6) is 0.387. The molecule has 0 bridgehead atoms. The maximum Gasteiger partial charge on any atom is 0.246 e. The molecule has 26 heavy (non-hydrogen) atoms. The number of rotatable bonds is 4. The molecule has 2 aromatic carbocycles. The van der Waals surface area contributed by atoms with Gasteiger partial charge in [-0.3, -0.25) is 0 Å². The van der Waals surface area contributed by atoms with Gasteiger partial charge in [-0.15, -0.1) is 0 Å². The number of hydrogen-bond acceptors (Lipinski definition) is 4. The maximum absolute atomic E-state index is 13.0. The monoisotopic (exact) mass is 394 g/mol. The molecular weight excluding hydrogens is 372 g/mol. The third-order valence-electron chi connectivity index (χ3n) is 4.69. The number of nitrogens with zero attached hydrogens (tertiary/aromatic N) is 2. The highest BCUT2D eigenvalue weighted by Crippen LogP contribution is 2.30. The molecule has 0 saturated carbocycles. The lowest BCUT2D eigenvalue weighted by Crippen LogP contribution is -2.48. The van der Waals surface area contributed by atoms with E-state index < -0.39 is 10.0 Å². The summed E-state index contributed by atoms with van der Waals surface area (Å²) in [4.78, 5) is 2.40. The van der Waals surface area contributed by atoms with Gasteiger partial charge in [-0.1, -0.05) is 23.7 Å². The van der Waals surface area contributed by atoms with Gasteiger partial charge in [-0.05, 0) is 49.2 Å². The maximum atomic E-state index is 13.0. The first kappa shape index (κ1) is 19.0. The van der Waals surface area contributed by atoms with E-state index in [1.807, 2.05) is 32.0 Å². The Bertz CT molecular complexity index is 907. The lowest BCUT2D eigenvalue weighted by Gasteiger charge is -2.36. The molecule has 1 fully saturated rings. The molecule has 140 valence electrons. The zero-order chi connectivity index (χ0) is 18.9. The van der Waals surface area contributed by atoms with Crippen LogP contribution < -0.4 is 9.64 Å². The number of halogens is 1. The zero-order valence-electron chi connectivity index (χ0n) is 15.2. The molecule has 0 N–H and O–H groups in total. The second kappa shape index (κ2) is 7.47. The van der Waals surface area contributed by atoms with E-state index in [1.165, 1.54) is 11.4 Å². The van der Waals surface area contributed by atoms with Crippen molar-refractivity contribution < 1.29 is 13.2 Å². The summed E-state index contributed by atoms with van der Waals surface area (Å²) >= 11 is 6.12. The van der Waals surface area contributed by atoms with Gasteiger partial charge in [0.1, 0.15) is 10.6 Å². The van der Waals surface area contributed by atoms with Crippen molar-refractivity contribution in [3.05, 3.63) is 52.5 Å². The van der Waals surface area contributed by atoms with E-state index in [0.717, 1.165) is 16.8 Å². The van der Waals surface area contributed by atoms with Crippen LogP contribution in [0.4, 0.5) is 5.69 Å². The summed E-state index contributed by atoms with van der Waals surface area (Å²) in [7, 11) is -2.10. The average Bonchev–Trinajstić information content (AvgIpc) is 2.63. The SMILES string of the molecule is COc1cc(C)ccc1S(=O)(=O)N1CCN(c2cc(Cl)ccc2C)CC1. The Hall–Kier alpha value is -1.76. The highest BCUT2D eigenvalue weighted by Gasteiger charge is 2.31. The number of ether oxygens (including phenoxy) is 1. The van der Waals surface area contributed by atoms with E-state index in [0.29, 0.717) is 37.0 Å². The summed E-state index contributed by atoms with van der Waals surface area (Å²) in [6, 6.07) is 10.9. The van der Waals surface area contributed by atoms with Gasteiger partial charge in [-0.25, -0.2) is 8.42 Å². The first-order chi connectivity index (χ1) is 12.3. The van der Waals surface area contributed by atoms with Gasteiger partial charge in [0, 0.05) is 36.9 Å². The van der Waals surface area contributed by atoms with Crippen molar-refractivity contribution in [2.45, 2.75) is 18.7 Å². The summed E-state index contributed by atoms with van der Waals surface area (Å²) in [6.45, 7) is 6.02. The molecule has 0 spiro atoms. The molecular formula is C19H23ClN2O3S. The summed E-state index contributed by atoms with van der Waals surface area (Å²) in [5.41, 5.74) is 3.15. The van der Waals surface area contributed by atoms with Gasteiger partial charge in [-0.2, -0.15) is 4.31 Å². The molecule has 0 atom stereocenters. The Morgan fingerprint density at radius 1 is 1.00 bits per heavy atom. The molecule has 3 rings (SSSR count). The molecule has 0 radical (unpaired) electrons. The predicted octanol–water partition coefficient (Wildman–Crippen LogP) is 3.48. The number of anilines is 1. The van der Waals surface area contributed by atoms with E-state index in [2.05, 4.69) is 4.90 Å². The topological polar surface area (TPSA) is 49.9 Å². The van der Waals surface area contributed by atoms with Gasteiger partial charge in [0.05, 0.1) is 7.11 Å². The van der Waals surface area contributed by atoms with Crippen LogP contribution in [0.3, 0.4) is 0 Å². The Morgan fingerprint density at radius 2 is 1.69 bits per heavy atom. The van der Waals surface area contributed by atoms with Gasteiger partial charge < -0.3 is 9.64 Å². The predicted molar refractivity (Wildman–Crippen MR) is 105 cm³/mol. The van der Waals surface area contributed by atoms with Gasteiger partial charge in [0.15, 0.2) is 0 Å². The van der Waals surface area contributed by atoms with Crippen LogP contribution in [-0.2, 0) is 10.0 Å². The largest absolute Gasteiger partial charge is 0.495 e. The first-order valence-corrected chi connectivity index (χ1v) is 10.3. The van der Waals surface area contributed by atoms with Crippen molar-refractivity contribution in [3.8, 4) is 5.75 Å². The van der Waals surface area contributed by atoms with Crippen LogP contribution in [0.5, 0.6) is 5.75 Å². The Balaban J connectivity index is 1.80. The fourth-order valence-corrected chi connectivity index (χ4v) is 4.94. The van der Waals surface area contributed by atoms with E-state index in [4.69, 9.17) is 16.3 Å². The fraction of sp³-hybridized carbons (Fsp3) is 0.368. The first-order valence-electron chi connectivity index (χ1n) is 8.49. The minimum absolute atomic E-state index is 0.220. The summed E-state index contributed by atoms with van der Waals surface area (Å²) in [5, 5.41) is 0.685. The van der Waals surface area contributed by atoms with E-state index >= 15 is 0 Å². The van der Waals surface area contributed by atoms with Crippen LogP contribution in [0.15, 0.2) is 41.3 Å². The second-order valence-electron chi connectivity index (χ2n) is 6.48. The fourth-order valence-electron chi connectivity index (χ4n) is 3.22. The van der Waals surface area contributed by atoms with E-state index in [9.17, 15) is 8.42 Å². The third kappa shape index (κ3) is 3.68. The molecule has 2 aromatic rings.